The van der Waals surface area contributed by atoms with Crippen LogP contribution in [0, 0.1) is 24.5 Å². The summed E-state index contributed by atoms with van der Waals surface area (Å²) in [5.74, 6) is 0.953. The van der Waals surface area contributed by atoms with Crippen molar-refractivity contribution in [3.63, 3.8) is 0 Å². The molecule has 2 aliphatic rings. The molecule has 0 amide bonds. The van der Waals surface area contributed by atoms with Crippen LogP contribution in [0.2, 0.25) is 0 Å². The molecule has 0 unspecified atom stereocenters. The summed E-state index contributed by atoms with van der Waals surface area (Å²) < 4.78 is 7.07. The van der Waals surface area contributed by atoms with Crippen LogP contribution in [0.3, 0.4) is 0 Å². The summed E-state index contributed by atoms with van der Waals surface area (Å²) in [5, 5.41) is 1.66. The lowest BCUT2D eigenvalue weighted by Gasteiger charge is -2.12. The number of nitrogens with zero attached hydrogens (tertiary/aromatic N) is 3. The highest BCUT2D eigenvalue weighted by molar-refractivity contribution is 5.46. The Morgan fingerprint density at radius 2 is 2.17 bits per heavy atom. The van der Waals surface area contributed by atoms with E-state index in [0.29, 0.717) is 21.3 Å². The number of anilines is 1. The lowest BCUT2D eigenvalue weighted by atomic mass is 10.1. The standard InChI is InChI=1S/C21H22N6O2/c1-11-9-24-16(12(2)18(11)29-4)10-27-19-17(13(3)25-21(22)26-19)15(20(27)28)8-14-6-5-7-23-14/h5-9,23H,3,10H2,1-2,4H3,(H3,22,25,26). The molecule has 2 aromatic rings. The van der Waals surface area contributed by atoms with Crippen molar-refractivity contribution in [3.8, 4) is 5.75 Å². The molecule has 2 aromatic heterocycles. The fraction of sp³-hybridized carbons (Fsp3) is 0.190. The average molecular weight is 390 g/mol. The molecule has 4 heterocycles. The fourth-order valence-corrected chi connectivity index (χ4v) is 3.63. The highest BCUT2D eigenvalue weighted by atomic mass is 16.5. The summed E-state index contributed by atoms with van der Waals surface area (Å²) in [7, 11) is 1.62. The minimum Gasteiger partial charge on any atom is -0.496 e. The molecule has 0 saturated carbocycles. The molecule has 4 N–H and O–H groups in total. The Bertz CT molecular complexity index is 1430. The number of ether oxygens (including phenoxy) is 1. The predicted octanol–water partition coefficient (Wildman–Crippen LogP) is 0.514. The van der Waals surface area contributed by atoms with E-state index in [9.17, 15) is 4.79 Å². The Morgan fingerprint density at radius 3 is 2.86 bits per heavy atom. The minimum absolute atomic E-state index is 0.188. The van der Waals surface area contributed by atoms with Crippen molar-refractivity contribution >= 4 is 18.6 Å². The maximum atomic E-state index is 13.4. The number of nitrogens with one attached hydrogen (secondary N) is 2. The molecule has 0 atom stereocenters. The quantitative estimate of drug-likeness (QED) is 0.470. The first-order chi connectivity index (χ1) is 13.9. The van der Waals surface area contributed by atoms with E-state index in [-0.39, 0.29) is 18.1 Å². The van der Waals surface area contributed by atoms with Gasteiger partial charge >= 0.3 is 0 Å². The van der Waals surface area contributed by atoms with E-state index in [1.165, 1.54) is 0 Å². The molecule has 29 heavy (non-hydrogen) atoms. The second-order valence-electron chi connectivity index (χ2n) is 6.92. The molecule has 0 bridgehead atoms. The van der Waals surface area contributed by atoms with Crippen LogP contribution >= 0.6 is 0 Å². The van der Waals surface area contributed by atoms with E-state index in [4.69, 9.17) is 10.5 Å². The van der Waals surface area contributed by atoms with Gasteiger partial charge in [0.1, 0.15) is 11.2 Å². The fourth-order valence-electron chi connectivity index (χ4n) is 3.63. The van der Waals surface area contributed by atoms with Gasteiger partial charge in [0.25, 0.3) is 5.56 Å². The van der Waals surface area contributed by atoms with Crippen molar-refractivity contribution in [1.29, 1.82) is 0 Å². The van der Waals surface area contributed by atoms with Gasteiger partial charge in [-0.2, -0.15) is 4.98 Å². The van der Waals surface area contributed by atoms with E-state index >= 15 is 0 Å². The van der Waals surface area contributed by atoms with E-state index in [1.54, 1.807) is 30.1 Å². The first-order valence-electron chi connectivity index (χ1n) is 9.11. The molecule has 0 fully saturated rings. The van der Waals surface area contributed by atoms with Crippen LogP contribution in [0.25, 0.3) is 12.7 Å². The number of pyridine rings is 1. The number of aryl methyl sites for hydroxylation is 1. The van der Waals surface area contributed by atoms with Crippen molar-refractivity contribution in [2.45, 2.75) is 20.4 Å². The van der Waals surface area contributed by atoms with Crippen LogP contribution in [0.4, 0.5) is 5.95 Å². The molecule has 148 valence electrons. The predicted molar refractivity (Wildman–Crippen MR) is 111 cm³/mol. The SMILES string of the molecule is C=c1[nH]c(N)nc2n(Cc3ncc(C)c(OC)c3C)c(=O)c(=Cc3ccc[nH]3)c1=2. The molecule has 4 rings (SSSR count). The molecule has 0 saturated heterocycles. The molecule has 0 aliphatic carbocycles. The third-order valence-corrected chi connectivity index (χ3v) is 5.01. The zero-order valence-corrected chi connectivity index (χ0v) is 16.5. The summed E-state index contributed by atoms with van der Waals surface area (Å²) >= 11 is 0. The van der Waals surface area contributed by atoms with Crippen molar-refractivity contribution in [2.75, 3.05) is 12.8 Å². The smallest absolute Gasteiger partial charge is 0.260 e. The van der Waals surface area contributed by atoms with E-state index in [1.807, 2.05) is 26.0 Å². The number of aromatic amines is 2. The maximum Gasteiger partial charge on any atom is 0.260 e. The number of hydrogen-bond donors (Lipinski definition) is 3. The summed E-state index contributed by atoms with van der Waals surface area (Å²) in [6, 6.07) is 3.76. The minimum atomic E-state index is -0.188. The highest BCUT2D eigenvalue weighted by Crippen LogP contribution is 2.24. The van der Waals surface area contributed by atoms with Gasteiger partial charge in [0.15, 0.2) is 5.95 Å². The number of H-pyrrole nitrogens is 2. The summed E-state index contributed by atoms with van der Waals surface area (Å²) in [6.45, 7) is 8.13. The largest absolute Gasteiger partial charge is 0.496 e. The van der Waals surface area contributed by atoms with Gasteiger partial charge in [-0.3, -0.25) is 14.3 Å². The lowest BCUT2D eigenvalue weighted by Crippen LogP contribution is -2.31. The van der Waals surface area contributed by atoms with Crippen molar-refractivity contribution in [3.05, 3.63) is 78.7 Å². The van der Waals surface area contributed by atoms with Crippen molar-refractivity contribution < 1.29 is 4.74 Å². The van der Waals surface area contributed by atoms with Gasteiger partial charge in [-0.1, -0.05) is 6.58 Å². The maximum absolute atomic E-state index is 13.4. The van der Waals surface area contributed by atoms with Crippen molar-refractivity contribution in [1.82, 2.24) is 24.5 Å². The van der Waals surface area contributed by atoms with Crippen LogP contribution in [0.5, 0.6) is 5.75 Å². The Kier molecular flexibility index (Phi) is 4.46. The number of methoxy groups -OCH3 is 1. The van der Waals surface area contributed by atoms with Gasteiger partial charge in [-0.25, -0.2) is 0 Å². The molecule has 0 aromatic carbocycles. The lowest BCUT2D eigenvalue weighted by molar-refractivity contribution is 0.406. The first kappa shape index (κ1) is 18.5. The zero-order chi connectivity index (χ0) is 20.7. The first-order valence-corrected chi connectivity index (χ1v) is 9.11. The molecule has 8 heteroatoms. The van der Waals surface area contributed by atoms with E-state index in [2.05, 4.69) is 26.5 Å². The van der Waals surface area contributed by atoms with Crippen LogP contribution < -0.4 is 26.6 Å². The molecule has 2 aliphatic heterocycles. The van der Waals surface area contributed by atoms with Crippen molar-refractivity contribution in [2.24, 2.45) is 0 Å². The van der Waals surface area contributed by atoms with Gasteiger partial charge in [-0.05, 0) is 32.1 Å². The average Bonchev–Trinajstić information content (AvgIpc) is 3.27. The van der Waals surface area contributed by atoms with Crippen LogP contribution in [-0.2, 0) is 6.54 Å². The second kappa shape index (κ2) is 6.97. The van der Waals surface area contributed by atoms with Crippen LogP contribution in [0.15, 0.2) is 29.3 Å². The van der Waals surface area contributed by atoms with E-state index in [0.717, 1.165) is 28.3 Å². The molecule has 8 nitrogen and oxygen atoms in total. The van der Waals surface area contributed by atoms with Crippen LogP contribution in [-0.4, -0.2) is 31.6 Å². The number of nitrogen functional groups attached to an aromatic ring is 1. The Morgan fingerprint density at radius 1 is 1.38 bits per heavy atom. The van der Waals surface area contributed by atoms with Gasteiger partial charge < -0.3 is 20.4 Å². The normalized spacial score (nSPS) is 12.0. The van der Waals surface area contributed by atoms with Gasteiger partial charge in [-0.15, -0.1) is 0 Å². The Hall–Kier alpha value is -3.81. The van der Waals surface area contributed by atoms with Gasteiger partial charge in [0, 0.05) is 34.6 Å². The summed E-state index contributed by atoms with van der Waals surface area (Å²) in [4.78, 5) is 28.3. The Balaban J connectivity index is 2.03. The molecular formula is C21H22N6O2. The summed E-state index contributed by atoms with van der Waals surface area (Å²) in [6.07, 6.45) is 5.33. The van der Waals surface area contributed by atoms with Gasteiger partial charge in [0.05, 0.1) is 29.8 Å². The summed E-state index contributed by atoms with van der Waals surface area (Å²) in [5.41, 5.74) is 9.54. The molecule has 0 radical (unpaired) electrons. The number of nitrogens with two attached hydrogens (primary N) is 1. The van der Waals surface area contributed by atoms with E-state index < -0.39 is 0 Å². The number of hydrogen-bond acceptors (Lipinski definition) is 5. The molecular weight excluding hydrogens is 368 g/mol. The topological polar surface area (TPSA) is 115 Å². The highest BCUT2D eigenvalue weighted by Gasteiger charge is 2.15. The third-order valence-electron chi connectivity index (χ3n) is 5.01. The Labute approximate surface area is 166 Å². The zero-order valence-electron chi connectivity index (χ0n) is 16.5. The number of aromatic nitrogens is 5. The monoisotopic (exact) mass is 390 g/mol. The second-order valence-corrected chi connectivity index (χ2v) is 6.92. The molecule has 0 spiro atoms. The van der Waals surface area contributed by atoms with Gasteiger partial charge in [0.2, 0.25) is 0 Å². The number of rotatable bonds is 4. The third kappa shape index (κ3) is 3.08. The van der Waals surface area contributed by atoms with Crippen LogP contribution in [0.1, 0.15) is 22.5 Å².